The van der Waals surface area contributed by atoms with Crippen molar-refractivity contribution in [1.82, 2.24) is 24.3 Å². The lowest BCUT2D eigenvalue weighted by atomic mass is 10.0. The van der Waals surface area contributed by atoms with Crippen LogP contribution in [0.25, 0.3) is 16.9 Å². The van der Waals surface area contributed by atoms with Crippen molar-refractivity contribution < 1.29 is 9.53 Å². The third-order valence-corrected chi connectivity index (χ3v) is 5.02. The summed E-state index contributed by atoms with van der Waals surface area (Å²) in [6.07, 6.45) is 1.43. The van der Waals surface area contributed by atoms with Gasteiger partial charge in [-0.05, 0) is 24.6 Å². The van der Waals surface area contributed by atoms with Crippen molar-refractivity contribution in [1.29, 1.82) is 0 Å². The van der Waals surface area contributed by atoms with Crippen molar-refractivity contribution in [2.45, 2.75) is 13.0 Å². The molecule has 4 heterocycles. The number of pyridine rings is 2. The van der Waals surface area contributed by atoms with Crippen LogP contribution >= 0.6 is 0 Å². The Morgan fingerprint density at radius 3 is 2.71 bits per heavy atom. The van der Waals surface area contributed by atoms with E-state index in [1.165, 1.54) is 24.1 Å². The quantitative estimate of drug-likeness (QED) is 0.440. The first-order valence-corrected chi connectivity index (χ1v) is 8.70. The largest absolute Gasteiger partial charge is 0.465 e. The molecule has 0 radical (unpaired) electrons. The fraction of sp³-hybridized carbons (Fsp3) is 0.150. The summed E-state index contributed by atoms with van der Waals surface area (Å²) in [7, 11) is 1.30. The first-order valence-electron chi connectivity index (χ1n) is 8.70. The molecule has 1 aliphatic rings. The molecule has 0 bridgehead atoms. The molecule has 0 fully saturated rings. The molecule has 28 heavy (non-hydrogen) atoms. The lowest BCUT2D eigenvalue weighted by Crippen LogP contribution is -2.21. The predicted octanol–water partition coefficient (Wildman–Crippen LogP) is 2.02. The van der Waals surface area contributed by atoms with Crippen LogP contribution in [0.4, 0.5) is 0 Å². The minimum absolute atomic E-state index is 0.270. The maximum Gasteiger partial charge on any atom is 0.339 e. The van der Waals surface area contributed by atoms with Gasteiger partial charge in [0.1, 0.15) is 12.4 Å². The van der Waals surface area contributed by atoms with Crippen LogP contribution in [0.3, 0.4) is 0 Å². The molecule has 0 amide bonds. The van der Waals surface area contributed by atoms with E-state index in [0.717, 1.165) is 11.3 Å². The van der Waals surface area contributed by atoms with E-state index in [0.29, 0.717) is 22.5 Å². The molecule has 1 unspecified atom stereocenters. The highest BCUT2D eigenvalue weighted by molar-refractivity contribution is 5.95. The van der Waals surface area contributed by atoms with Crippen LogP contribution in [0.2, 0.25) is 0 Å². The SMILES string of the molecule is COC(=O)c1cc2c(=O)n3c(cc2nc1C)C(c1ccccc1)n1ncnc1-3. The highest BCUT2D eigenvalue weighted by Gasteiger charge is 2.33. The highest BCUT2D eigenvalue weighted by Crippen LogP contribution is 2.34. The second-order valence-electron chi connectivity index (χ2n) is 6.57. The van der Waals surface area contributed by atoms with Gasteiger partial charge in [0.05, 0.1) is 35.0 Å². The highest BCUT2D eigenvalue weighted by atomic mass is 16.5. The molecule has 8 nitrogen and oxygen atoms in total. The lowest BCUT2D eigenvalue weighted by Gasteiger charge is -2.14. The Hall–Kier alpha value is -3.81. The van der Waals surface area contributed by atoms with E-state index in [1.807, 2.05) is 36.4 Å². The number of aryl methyl sites for hydroxylation is 1. The van der Waals surface area contributed by atoms with E-state index < -0.39 is 5.97 Å². The topological polar surface area (TPSA) is 91.9 Å². The van der Waals surface area contributed by atoms with Gasteiger partial charge in [0.15, 0.2) is 0 Å². The minimum Gasteiger partial charge on any atom is -0.465 e. The molecular weight excluding hydrogens is 358 g/mol. The third kappa shape index (κ3) is 2.14. The molecule has 1 aliphatic heterocycles. The van der Waals surface area contributed by atoms with Crippen LogP contribution < -0.4 is 5.56 Å². The summed E-state index contributed by atoms with van der Waals surface area (Å²) in [5.41, 5.74) is 2.73. The van der Waals surface area contributed by atoms with Gasteiger partial charge in [-0.15, -0.1) is 0 Å². The van der Waals surface area contributed by atoms with Crippen LogP contribution in [-0.4, -0.2) is 37.4 Å². The van der Waals surface area contributed by atoms with Crippen LogP contribution in [0.15, 0.2) is 53.6 Å². The van der Waals surface area contributed by atoms with Gasteiger partial charge < -0.3 is 4.74 Å². The van der Waals surface area contributed by atoms with Crippen LogP contribution in [0.1, 0.15) is 33.4 Å². The maximum atomic E-state index is 13.3. The Kier molecular flexibility index (Phi) is 3.42. The number of fused-ring (bicyclic) bond motifs is 4. The number of hydrogen-bond donors (Lipinski definition) is 0. The summed E-state index contributed by atoms with van der Waals surface area (Å²) in [4.78, 5) is 34.1. The Morgan fingerprint density at radius 1 is 1.18 bits per heavy atom. The van der Waals surface area contributed by atoms with Crippen LogP contribution in [0, 0.1) is 6.92 Å². The zero-order valence-corrected chi connectivity index (χ0v) is 15.2. The van der Waals surface area contributed by atoms with E-state index in [4.69, 9.17) is 4.74 Å². The molecule has 0 saturated heterocycles. The van der Waals surface area contributed by atoms with Gasteiger partial charge >= 0.3 is 5.97 Å². The van der Waals surface area contributed by atoms with Crippen molar-refractivity contribution in [2.24, 2.45) is 0 Å². The Balaban J connectivity index is 1.84. The summed E-state index contributed by atoms with van der Waals surface area (Å²) < 4.78 is 8.06. The molecule has 5 rings (SSSR count). The Morgan fingerprint density at radius 2 is 1.96 bits per heavy atom. The predicted molar refractivity (Wildman–Crippen MR) is 101 cm³/mol. The van der Waals surface area contributed by atoms with E-state index in [-0.39, 0.29) is 17.2 Å². The summed E-state index contributed by atoms with van der Waals surface area (Å²) in [5, 5.41) is 4.66. The van der Waals surface area contributed by atoms with E-state index in [9.17, 15) is 9.59 Å². The number of methoxy groups -OCH3 is 1. The zero-order chi connectivity index (χ0) is 19.4. The molecule has 0 N–H and O–H groups in total. The second-order valence-corrected chi connectivity index (χ2v) is 6.57. The number of carbonyl (C=O) groups is 1. The van der Waals surface area contributed by atoms with E-state index in [2.05, 4.69) is 15.1 Å². The molecular formula is C20H15N5O3. The van der Waals surface area contributed by atoms with Gasteiger partial charge in [0.25, 0.3) is 5.56 Å². The summed E-state index contributed by atoms with van der Waals surface area (Å²) in [6.45, 7) is 1.72. The van der Waals surface area contributed by atoms with Crippen molar-refractivity contribution in [3.63, 3.8) is 0 Å². The van der Waals surface area contributed by atoms with Crippen LogP contribution in [-0.2, 0) is 4.74 Å². The number of nitrogens with zero attached hydrogens (tertiary/aromatic N) is 5. The van der Waals surface area contributed by atoms with Gasteiger partial charge in [-0.2, -0.15) is 10.1 Å². The Bertz CT molecular complexity index is 1310. The molecule has 8 heteroatoms. The number of esters is 1. The average molecular weight is 373 g/mol. The molecule has 1 atom stereocenters. The molecule has 0 aliphatic carbocycles. The van der Waals surface area contributed by atoms with Crippen LogP contribution in [0.5, 0.6) is 0 Å². The number of rotatable bonds is 2. The van der Waals surface area contributed by atoms with Crippen molar-refractivity contribution in [2.75, 3.05) is 7.11 Å². The standard InChI is InChI=1S/C20H15N5O3/c1-11-13(19(27)28-2)8-14-15(23-11)9-16-17(12-6-4-3-5-7-12)25-20(21-10-22-25)24(16)18(14)26/h3-10,17H,1-2H3. The van der Waals surface area contributed by atoms with Gasteiger partial charge in [-0.1, -0.05) is 30.3 Å². The third-order valence-electron chi connectivity index (χ3n) is 5.02. The smallest absolute Gasteiger partial charge is 0.339 e. The maximum absolute atomic E-state index is 13.3. The summed E-state index contributed by atoms with van der Waals surface area (Å²) >= 11 is 0. The molecule has 4 aromatic rings. The average Bonchev–Trinajstić information content (AvgIpc) is 3.28. The molecule has 1 aromatic carbocycles. The first kappa shape index (κ1) is 16.4. The molecule has 0 spiro atoms. The van der Waals surface area contributed by atoms with E-state index >= 15 is 0 Å². The van der Waals surface area contributed by atoms with Gasteiger partial charge in [-0.3, -0.25) is 9.78 Å². The summed E-state index contributed by atoms with van der Waals surface area (Å²) in [5.74, 6) is -0.0851. The number of aromatic nitrogens is 5. The number of ether oxygens (including phenoxy) is 1. The Labute approximate surface area is 159 Å². The number of hydrogen-bond acceptors (Lipinski definition) is 6. The van der Waals surface area contributed by atoms with Gasteiger partial charge in [0, 0.05) is 0 Å². The molecule has 0 saturated carbocycles. The fourth-order valence-electron chi connectivity index (χ4n) is 3.73. The second kappa shape index (κ2) is 5.85. The zero-order valence-electron chi connectivity index (χ0n) is 15.2. The lowest BCUT2D eigenvalue weighted by molar-refractivity contribution is 0.0599. The monoisotopic (exact) mass is 373 g/mol. The molecule has 3 aromatic heterocycles. The molecule has 138 valence electrons. The minimum atomic E-state index is -0.526. The number of carbonyl (C=O) groups excluding carboxylic acids is 1. The van der Waals surface area contributed by atoms with Gasteiger partial charge in [-0.25, -0.2) is 14.0 Å². The van der Waals surface area contributed by atoms with Crippen molar-refractivity contribution in [3.8, 4) is 5.95 Å². The van der Waals surface area contributed by atoms with Crippen molar-refractivity contribution in [3.05, 3.63) is 81.7 Å². The number of benzene rings is 1. The van der Waals surface area contributed by atoms with E-state index in [1.54, 1.807) is 11.6 Å². The van der Waals surface area contributed by atoms with Gasteiger partial charge in [0.2, 0.25) is 5.95 Å². The van der Waals surface area contributed by atoms with Crippen molar-refractivity contribution >= 4 is 16.9 Å². The fourth-order valence-corrected chi connectivity index (χ4v) is 3.73. The first-order chi connectivity index (χ1) is 13.6. The summed E-state index contributed by atoms with van der Waals surface area (Å²) in [6, 6.07) is 12.9. The normalized spacial score (nSPS) is 14.7.